The van der Waals surface area contributed by atoms with E-state index in [-0.39, 0.29) is 5.91 Å². The molecule has 0 aliphatic carbocycles. The van der Waals surface area contributed by atoms with Gasteiger partial charge in [-0.25, -0.2) is 0 Å². The van der Waals surface area contributed by atoms with Crippen molar-refractivity contribution < 1.29 is 4.79 Å². The van der Waals surface area contributed by atoms with Crippen LogP contribution in [-0.2, 0) is 4.79 Å². The average Bonchev–Trinajstić information content (AvgIpc) is 2.46. The van der Waals surface area contributed by atoms with Crippen molar-refractivity contribution in [1.29, 1.82) is 0 Å². The Hall–Kier alpha value is -0.570. The predicted molar refractivity (Wildman–Crippen MR) is 81.1 cm³/mol. The number of piperidine rings is 1. The molecule has 1 fully saturated rings. The molecule has 3 heteroatoms. The summed E-state index contributed by atoms with van der Waals surface area (Å²) in [5, 5.41) is 6.50. The van der Waals surface area contributed by atoms with E-state index in [0.29, 0.717) is 5.92 Å². The van der Waals surface area contributed by atoms with E-state index < -0.39 is 0 Å². The maximum atomic E-state index is 11.9. The zero-order chi connectivity index (χ0) is 13.9. The van der Waals surface area contributed by atoms with Crippen molar-refractivity contribution in [2.24, 2.45) is 11.8 Å². The van der Waals surface area contributed by atoms with Gasteiger partial charge in [-0.2, -0.15) is 0 Å². The molecule has 0 radical (unpaired) electrons. The van der Waals surface area contributed by atoms with Crippen LogP contribution in [0.4, 0.5) is 0 Å². The number of carbonyl (C=O) groups excluding carboxylic acids is 1. The zero-order valence-corrected chi connectivity index (χ0v) is 12.8. The van der Waals surface area contributed by atoms with E-state index in [4.69, 9.17) is 0 Å². The Morgan fingerprint density at radius 3 is 2.68 bits per heavy atom. The molecule has 1 heterocycles. The van der Waals surface area contributed by atoms with Gasteiger partial charge in [0.25, 0.3) is 0 Å². The molecule has 2 N–H and O–H groups in total. The summed E-state index contributed by atoms with van der Waals surface area (Å²) < 4.78 is 0. The Labute approximate surface area is 118 Å². The third-order valence-corrected chi connectivity index (χ3v) is 4.37. The molecule has 1 aliphatic rings. The average molecular weight is 268 g/mol. The first-order chi connectivity index (χ1) is 9.26. The molecule has 0 bridgehead atoms. The molecule has 112 valence electrons. The zero-order valence-electron chi connectivity index (χ0n) is 12.8. The van der Waals surface area contributed by atoms with Crippen LogP contribution in [0.2, 0.25) is 0 Å². The lowest BCUT2D eigenvalue weighted by atomic mass is 9.93. The predicted octanol–water partition coefficient (Wildman–Crippen LogP) is 3.10. The van der Waals surface area contributed by atoms with Crippen LogP contribution in [0.25, 0.3) is 0 Å². The minimum Gasteiger partial charge on any atom is -0.356 e. The Bertz CT molecular complexity index is 237. The van der Waals surface area contributed by atoms with Gasteiger partial charge in [0.1, 0.15) is 0 Å². The molecular weight excluding hydrogens is 236 g/mol. The number of nitrogens with one attached hydrogen (secondary N) is 2. The summed E-state index contributed by atoms with van der Waals surface area (Å²) in [4.78, 5) is 11.9. The molecule has 1 unspecified atom stereocenters. The van der Waals surface area contributed by atoms with Crippen molar-refractivity contribution in [3.05, 3.63) is 0 Å². The lowest BCUT2D eigenvalue weighted by Crippen LogP contribution is -2.31. The first kappa shape index (κ1) is 16.5. The molecule has 0 aromatic carbocycles. The first-order valence-electron chi connectivity index (χ1n) is 8.23. The smallest absolute Gasteiger partial charge is 0.220 e. The molecule has 1 aliphatic heterocycles. The number of amides is 1. The second kappa shape index (κ2) is 10.2. The van der Waals surface area contributed by atoms with E-state index in [0.717, 1.165) is 38.4 Å². The second-order valence-electron chi connectivity index (χ2n) is 5.95. The number of carbonyl (C=O) groups is 1. The van der Waals surface area contributed by atoms with Gasteiger partial charge in [0.05, 0.1) is 0 Å². The highest BCUT2D eigenvalue weighted by molar-refractivity contribution is 5.75. The van der Waals surface area contributed by atoms with E-state index >= 15 is 0 Å². The van der Waals surface area contributed by atoms with Gasteiger partial charge >= 0.3 is 0 Å². The highest BCUT2D eigenvalue weighted by atomic mass is 16.1. The maximum absolute atomic E-state index is 11.9. The van der Waals surface area contributed by atoms with E-state index in [1.165, 1.54) is 38.5 Å². The SMILES string of the molecule is CCCCC(CC)CNC(=O)CCC1CCNCC1. The molecule has 19 heavy (non-hydrogen) atoms. The molecule has 3 nitrogen and oxygen atoms in total. The third-order valence-electron chi connectivity index (χ3n) is 4.37. The lowest BCUT2D eigenvalue weighted by Gasteiger charge is -2.22. The van der Waals surface area contributed by atoms with E-state index in [9.17, 15) is 4.79 Å². The summed E-state index contributed by atoms with van der Waals surface area (Å²) >= 11 is 0. The standard InChI is InChI=1S/C16H32N2O/c1-3-5-6-14(4-2)13-18-16(19)8-7-15-9-11-17-12-10-15/h14-15,17H,3-13H2,1-2H3,(H,18,19). The highest BCUT2D eigenvalue weighted by Gasteiger charge is 2.15. The molecule has 1 amide bonds. The summed E-state index contributed by atoms with van der Waals surface area (Å²) in [5.41, 5.74) is 0. The van der Waals surface area contributed by atoms with Crippen LogP contribution in [-0.4, -0.2) is 25.5 Å². The summed E-state index contributed by atoms with van der Waals surface area (Å²) in [6.45, 7) is 7.58. The first-order valence-corrected chi connectivity index (χ1v) is 8.23. The Morgan fingerprint density at radius 2 is 2.05 bits per heavy atom. The van der Waals surface area contributed by atoms with Gasteiger partial charge in [0.2, 0.25) is 5.91 Å². The van der Waals surface area contributed by atoms with Crippen LogP contribution in [0.5, 0.6) is 0 Å². The van der Waals surface area contributed by atoms with Crippen LogP contribution in [0.3, 0.4) is 0 Å². The quantitative estimate of drug-likeness (QED) is 0.674. The Balaban J connectivity index is 2.08. The van der Waals surface area contributed by atoms with Gasteiger partial charge in [-0.1, -0.05) is 33.1 Å². The number of hydrogen-bond acceptors (Lipinski definition) is 2. The topological polar surface area (TPSA) is 41.1 Å². The van der Waals surface area contributed by atoms with Crippen molar-refractivity contribution in [3.63, 3.8) is 0 Å². The van der Waals surface area contributed by atoms with Gasteiger partial charge in [0.15, 0.2) is 0 Å². The molecule has 1 rings (SSSR count). The van der Waals surface area contributed by atoms with Crippen LogP contribution in [0.1, 0.15) is 65.2 Å². The maximum Gasteiger partial charge on any atom is 0.220 e. The van der Waals surface area contributed by atoms with Crippen LogP contribution < -0.4 is 10.6 Å². The van der Waals surface area contributed by atoms with Gasteiger partial charge in [-0.15, -0.1) is 0 Å². The molecule has 1 atom stereocenters. The fourth-order valence-corrected chi connectivity index (χ4v) is 2.80. The van der Waals surface area contributed by atoms with Crippen molar-refractivity contribution >= 4 is 5.91 Å². The number of rotatable bonds is 9. The fourth-order valence-electron chi connectivity index (χ4n) is 2.80. The summed E-state index contributed by atoms with van der Waals surface area (Å²) in [6, 6.07) is 0. The molecular formula is C16H32N2O. The van der Waals surface area contributed by atoms with Gasteiger partial charge < -0.3 is 10.6 Å². The van der Waals surface area contributed by atoms with Crippen molar-refractivity contribution in [2.45, 2.75) is 65.2 Å². The minimum absolute atomic E-state index is 0.258. The Morgan fingerprint density at radius 1 is 1.32 bits per heavy atom. The summed E-state index contributed by atoms with van der Waals surface area (Å²) in [6.07, 6.45) is 9.22. The highest BCUT2D eigenvalue weighted by Crippen LogP contribution is 2.17. The Kier molecular flexibility index (Phi) is 8.89. The van der Waals surface area contributed by atoms with Gasteiger partial charge in [-0.3, -0.25) is 4.79 Å². The molecule has 0 saturated carbocycles. The number of unbranched alkanes of at least 4 members (excludes halogenated alkanes) is 1. The molecule has 1 saturated heterocycles. The fraction of sp³-hybridized carbons (Fsp3) is 0.938. The normalized spacial score (nSPS) is 18.2. The molecule has 0 aromatic rings. The molecule has 0 spiro atoms. The second-order valence-corrected chi connectivity index (χ2v) is 5.95. The van der Waals surface area contributed by atoms with Crippen molar-refractivity contribution in [2.75, 3.05) is 19.6 Å². The van der Waals surface area contributed by atoms with Crippen molar-refractivity contribution in [1.82, 2.24) is 10.6 Å². The lowest BCUT2D eigenvalue weighted by molar-refractivity contribution is -0.121. The summed E-state index contributed by atoms with van der Waals surface area (Å²) in [7, 11) is 0. The van der Waals surface area contributed by atoms with E-state index in [1.807, 2.05) is 0 Å². The van der Waals surface area contributed by atoms with E-state index in [2.05, 4.69) is 24.5 Å². The van der Waals surface area contributed by atoms with Gasteiger partial charge in [0, 0.05) is 13.0 Å². The monoisotopic (exact) mass is 268 g/mol. The van der Waals surface area contributed by atoms with Crippen LogP contribution >= 0.6 is 0 Å². The van der Waals surface area contributed by atoms with Crippen LogP contribution in [0.15, 0.2) is 0 Å². The van der Waals surface area contributed by atoms with E-state index in [1.54, 1.807) is 0 Å². The third kappa shape index (κ3) is 7.56. The van der Waals surface area contributed by atoms with Gasteiger partial charge in [-0.05, 0) is 50.6 Å². The van der Waals surface area contributed by atoms with Crippen LogP contribution in [0, 0.1) is 11.8 Å². The largest absolute Gasteiger partial charge is 0.356 e. The van der Waals surface area contributed by atoms with Crippen molar-refractivity contribution in [3.8, 4) is 0 Å². The summed E-state index contributed by atoms with van der Waals surface area (Å²) in [5.74, 6) is 1.69. The minimum atomic E-state index is 0.258. The number of hydrogen-bond donors (Lipinski definition) is 2. The molecule has 0 aromatic heterocycles.